The molecule has 2 amide bonds. The molecule has 2 aromatic rings. The van der Waals surface area contributed by atoms with E-state index in [1.807, 2.05) is 0 Å². The van der Waals surface area contributed by atoms with Crippen molar-refractivity contribution in [2.75, 3.05) is 18.5 Å². The van der Waals surface area contributed by atoms with E-state index in [0.29, 0.717) is 31.7 Å². The lowest BCUT2D eigenvalue weighted by Crippen LogP contribution is -2.39. The molecule has 1 atom stereocenters. The monoisotopic (exact) mass is 373 g/mol. The zero-order valence-electron chi connectivity index (χ0n) is 14.2. The molecule has 3 heterocycles. The van der Waals surface area contributed by atoms with Gasteiger partial charge in [-0.1, -0.05) is 12.1 Å². The molecule has 0 saturated heterocycles. The summed E-state index contributed by atoms with van der Waals surface area (Å²) in [4.78, 5) is 27.3. The number of anilines is 1. The zero-order valence-corrected chi connectivity index (χ0v) is 15.1. The Bertz CT molecular complexity index is 862. The summed E-state index contributed by atoms with van der Waals surface area (Å²) in [5, 5.41) is 16.6. The van der Waals surface area contributed by atoms with Crippen molar-refractivity contribution >= 4 is 28.3 Å². The Balaban J connectivity index is 1.59. The second kappa shape index (κ2) is 6.53. The number of rotatable bonds is 2. The molecular weight excluding hydrogens is 354 g/mol. The second-order valence-electron chi connectivity index (χ2n) is 6.22. The molecule has 0 bridgehead atoms. The number of nitrogens with one attached hydrogen (secondary N) is 2. The number of phenolic OH excluding ortho intramolecular Hbond substituents is 1. The molecule has 0 fully saturated rings. The van der Waals surface area contributed by atoms with Gasteiger partial charge in [0, 0.05) is 11.4 Å². The Morgan fingerprint density at radius 2 is 2.12 bits per heavy atom. The summed E-state index contributed by atoms with van der Waals surface area (Å²) in [6, 6.07) is 6.73. The molecule has 136 valence electrons. The van der Waals surface area contributed by atoms with Crippen LogP contribution in [0.25, 0.3) is 0 Å². The van der Waals surface area contributed by atoms with Crippen LogP contribution < -0.4 is 10.6 Å². The molecule has 8 heteroatoms. The number of fused-ring (bicyclic) bond motifs is 3. The van der Waals surface area contributed by atoms with Crippen molar-refractivity contribution in [2.24, 2.45) is 0 Å². The quantitative estimate of drug-likeness (QED) is 0.753. The molecule has 7 nitrogen and oxygen atoms in total. The number of hydrogen-bond donors (Lipinski definition) is 3. The molecule has 26 heavy (non-hydrogen) atoms. The normalized spacial score (nSPS) is 18.4. The van der Waals surface area contributed by atoms with Gasteiger partial charge in [0.25, 0.3) is 5.91 Å². The average Bonchev–Trinajstić information content (AvgIpc) is 3.00. The molecule has 3 N–H and O–H groups in total. The summed E-state index contributed by atoms with van der Waals surface area (Å²) in [6.45, 7) is 3.14. The number of amides is 2. The van der Waals surface area contributed by atoms with Crippen molar-refractivity contribution in [1.82, 2.24) is 10.2 Å². The molecule has 0 saturated carbocycles. The van der Waals surface area contributed by atoms with E-state index in [2.05, 4.69) is 10.6 Å². The maximum absolute atomic E-state index is 12.7. The highest BCUT2D eigenvalue weighted by Gasteiger charge is 2.34. The van der Waals surface area contributed by atoms with E-state index in [-0.39, 0.29) is 23.9 Å². The van der Waals surface area contributed by atoms with Gasteiger partial charge in [0.1, 0.15) is 16.9 Å². The van der Waals surface area contributed by atoms with Crippen molar-refractivity contribution in [3.05, 3.63) is 45.8 Å². The lowest BCUT2D eigenvalue weighted by molar-refractivity contribution is 0.0934. The highest BCUT2D eigenvalue weighted by atomic mass is 32.1. The molecule has 1 aromatic carbocycles. The lowest BCUT2D eigenvalue weighted by Gasteiger charge is -2.28. The first-order valence-electron chi connectivity index (χ1n) is 8.49. The van der Waals surface area contributed by atoms with E-state index in [9.17, 15) is 14.7 Å². The molecule has 2 aliphatic rings. The average molecular weight is 373 g/mol. The van der Waals surface area contributed by atoms with Crippen LogP contribution in [0.15, 0.2) is 24.3 Å². The highest BCUT2D eigenvalue weighted by molar-refractivity contribution is 7.16. The van der Waals surface area contributed by atoms with Crippen LogP contribution in [0.4, 0.5) is 9.80 Å². The van der Waals surface area contributed by atoms with Gasteiger partial charge in [0.15, 0.2) is 0 Å². The Labute approximate surface area is 154 Å². The summed E-state index contributed by atoms with van der Waals surface area (Å²) in [6.07, 6.45) is -0.0281. The number of hydrogen-bond acceptors (Lipinski definition) is 6. The highest BCUT2D eigenvalue weighted by Crippen LogP contribution is 2.40. The maximum Gasteiger partial charge on any atom is 0.410 e. The van der Waals surface area contributed by atoms with Gasteiger partial charge in [-0.05, 0) is 36.6 Å². The summed E-state index contributed by atoms with van der Waals surface area (Å²) in [5.41, 5.74) is 2.56. The van der Waals surface area contributed by atoms with Gasteiger partial charge in [-0.2, -0.15) is 0 Å². The first-order chi connectivity index (χ1) is 12.6. The van der Waals surface area contributed by atoms with Crippen LogP contribution in [0.5, 0.6) is 5.75 Å². The maximum atomic E-state index is 12.7. The third kappa shape index (κ3) is 2.86. The smallest absolute Gasteiger partial charge is 0.410 e. The van der Waals surface area contributed by atoms with Crippen molar-refractivity contribution in [3.63, 3.8) is 0 Å². The Morgan fingerprint density at radius 1 is 1.35 bits per heavy atom. The number of ether oxygens (including phenoxy) is 1. The fourth-order valence-electron chi connectivity index (χ4n) is 3.32. The summed E-state index contributed by atoms with van der Waals surface area (Å²) < 4.78 is 5.08. The van der Waals surface area contributed by atoms with E-state index in [0.717, 1.165) is 21.0 Å². The Kier molecular flexibility index (Phi) is 4.20. The van der Waals surface area contributed by atoms with E-state index in [4.69, 9.17) is 4.74 Å². The van der Waals surface area contributed by atoms with E-state index >= 15 is 0 Å². The number of carbonyl (C=O) groups is 2. The van der Waals surface area contributed by atoms with Gasteiger partial charge in [-0.25, -0.2) is 4.79 Å². The molecule has 1 unspecified atom stereocenters. The Hall–Kier alpha value is -2.74. The van der Waals surface area contributed by atoms with Gasteiger partial charge in [-0.3, -0.25) is 4.79 Å². The van der Waals surface area contributed by atoms with Gasteiger partial charge >= 0.3 is 6.09 Å². The second-order valence-corrected chi connectivity index (χ2v) is 7.33. The number of thiophene rings is 1. The van der Waals surface area contributed by atoms with E-state index < -0.39 is 0 Å². The molecule has 0 radical (unpaired) electrons. The van der Waals surface area contributed by atoms with Crippen LogP contribution >= 0.6 is 11.3 Å². The van der Waals surface area contributed by atoms with Crippen molar-refractivity contribution in [3.8, 4) is 5.75 Å². The first kappa shape index (κ1) is 16.7. The third-order valence-electron chi connectivity index (χ3n) is 4.59. The number of aromatic hydroxyl groups is 1. The number of benzene rings is 1. The molecule has 1 aromatic heterocycles. The Morgan fingerprint density at radius 3 is 2.85 bits per heavy atom. The largest absolute Gasteiger partial charge is 0.508 e. The van der Waals surface area contributed by atoms with Crippen LogP contribution in [0, 0.1) is 0 Å². The third-order valence-corrected chi connectivity index (χ3v) is 5.74. The fraction of sp³-hybridized carbons (Fsp3) is 0.333. The van der Waals surface area contributed by atoms with Gasteiger partial charge in [0.2, 0.25) is 0 Å². The fourth-order valence-corrected chi connectivity index (χ4v) is 4.61. The van der Waals surface area contributed by atoms with Gasteiger partial charge in [-0.15, -0.1) is 11.3 Å². The standard InChI is InChI=1S/C18H19N3O4S/c1-2-25-18(24)21-8-7-12-13(9-21)26-17-14(12)16(23)19-15(20-17)10-3-5-11(22)6-4-10/h3-6,15,20,22H,2,7-9H2,1H3,(H,19,23). The van der Waals surface area contributed by atoms with Crippen molar-refractivity contribution in [2.45, 2.75) is 26.1 Å². The summed E-state index contributed by atoms with van der Waals surface area (Å²) in [7, 11) is 0. The van der Waals surface area contributed by atoms with Crippen molar-refractivity contribution < 1.29 is 19.4 Å². The minimum absolute atomic E-state index is 0.112. The zero-order chi connectivity index (χ0) is 18.3. The lowest BCUT2D eigenvalue weighted by atomic mass is 10.0. The topological polar surface area (TPSA) is 90.9 Å². The van der Waals surface area contributed by atoms with E-state index in [1.165, 1.54) is 11.3 Å². The van der Waals surface area contributed by atoms with Crippen LogP contribution in [0.2, 0.25) is 0 Å². The molecule has 4 rings (SSSR count). The van der Waals surface area contributed by atoms with Crippen molar-refractivity contribution in [1.29, 1.82) is 0 Å². The van der Waals surface area contributed by atoms with Crippen LogP contribution in [-0.4, -0.2) is 35.2 Å². The SMILES string of the molecule is CCOC(=O)N1CCc2c(sc3c2C(=O)NC(c2ccc(O)cc2)N3)C1. The minimum Gasteiger partial charge on any atom is -0.508 e. The minimum atomic E-state index is -0.350. The van der Waals surface area contributed by atoms with Crippen LogP contribution in [-0.2, 0) is 17.7 Å². The first-order valence-corrected chi connectivity index (χ1v) is 9.31. The van der Waals surface area contributed by atoms with Crippen LogP contribution in [0.1, 0.15) is 39.5 Å². The number of carbonyl (C=O) groups excluding carboxylic acids is 2. The summed E-state index contributed by atoms with van der Waals surface area (Å²) in [5.74, 6) is 0.0705. The van der Waals surface area contributed by atoms with Gasteiger partial charge in [0.05, 0.1) is 18.7 Å². The molecule has 2 aliphatic heterocycles. The predicted octanol–water partition coefficient (Wildman–Crippen LogP) is 2.82. The summed E-state index contributed by atoms with van der Waals surface area (Å²) >= 11 is 1.51. The molecular formula is C18H19N3O4S. The predicted molar refractivity (Wildman–Crippen MR) is 97.4 cm³/mol. The number of nitrogens with zero attached hydrogens (tertiary/aromatic N) is 1. The molecule has 0 aliphatic carbocycles. The van der Waals surface area contributed by atoms with E-state index in [1.54, 1.807) is 36.1 Å². The number of phenols is 1. The van der Waals surface area contributed by atoms with Gasteiger partial charge < -0.3 is 25.4 Å². The van der Waals surface area contributed by atoms with Crippen LogP contribution in [0.3, 0.4) is 0 Å². The molecule has 0 spiro atoms.